The summed E-state index contributed by atoms with van der Waals surface area (Å²) < 4.78 is 31.2. The van der Waals surface area contributed by atoms with E-state index in [2.05, 4.69) is 22.9 Å². The Labute approximate surface area is 114 Å². The molecular formula is C13H16BrFO3. The first-order valence-corrected chi connectivity index (χ1v) is 7.08. The first kappa shape index (κ1) is 12.5. The molecule has 2 aliphatic heterocycles. The minimum Gasteiger partial charge on any atom is -0.458 e. The van der Waals surface area contributed by atoms with Crippen LogP contribution in [0.5, 0.6) is 0 Å². The van der Waals surface area contributed by atoms with E-state index in [4.69, 9.17) is 14.2 Å². The minimum absolute atomic E-state index is 0.0902. The van der Waals surface area contributed by atoms with Crippen LogP contribution in [0.15, 0.2) is 22.1 Å². The number of alkyl halides is 1. The zero-order valence-corrected chi connectivity index (χ0v) is 11.8. The van der Waals surface area contributed by atoms with Gasteiger partial charge in [0.1, 0.15) is 11.9 Å². The predicted molar refractivity (Wildman–Crippen MR) is 67.6 cm³/mol. The Morgan fingerprint density at radius 2 is 2.22 bits per heavy atom. The summed E-state index contributed by atoms with van der Waals surface area (Å²) in [6.07, 6.45) is 2.05. The average molecular weight is 319 g/mol. The SMILES string of the molecule is CC1C2=C(C=C(Br)C1[C@H]1C[C@@H](F)CCO1)OCO2. The zero-order chi connectivity index (χ0) is 12.7. The molecular weight excluding hydrogens is 303 g/mol. The third-order valence-electron chi connectivity index (χ3n) is 3.86. The molecule has 5 heteroatoms. The van der Waals surface area contributed by atoms with Gasteiger partial charge in [-0.15, -0.1) is 0 Å². The van der Waals surface area contributed by atoms with Crippen LogP contribution in [-0.2, 0) is 14.2 Å². The second kappa shape index (κ2) is 4.85. The van der Waals surface area contributed by atoms with Gasteiger partial charge in [0.25, 0.3) is 0 Å². The third kappa shape index (κ3) is 2.07. The van der Waals surface area contributed by atoms with Crippen LogP contribution in [0.3, 0.4) is 0 Å². The second-order valence-electron chi connectivity index (χ2n) is 5.01. The van der Waals surface area contributed by atoms with E-state index in [1.165, 1.54) is 0 Å². The standard InChI is InChI=1S/C13H16BrFO3/c1-7-12(10-4-8(15)2-3-16-10)9(14)5-11-13(7)18-6-17-11/h5,7-8,10,12H,2-4,6H2,1H3/t7?,8-,10+,12?/m0/s1. The molecule has 2 heterocycles. The van der Waals surface area contributed by atoms with Gasteiger partial charge >= 0.3 is 0 Å². The number of halogens is 2. The molecule has 0 aromatic heterocycles. The molecule has 0 saturated carbocycles. The van der Waals surface area contributed by atoms with Crippen LogP contribution in [0.25, 0.3) is 0 Å². The molecule has 1 saturated heterocycles. The molecule has 0 radical (unpaired) electrons. The molecule has 4 atom stereocenters. The lowest BCUT2D eigenvalue weighted by atomic mass is 9.81. The number of rotatable bonds is 1. The molecule has 100 valence electrons. The molecule has 3 nitrogen and oxygen atoms in total. The average Bonchev–Trinajstić information content (AvgIpc) is 2.77. The van der Waals surface area contributed by atoms with Crippen molar-refractivity contribution in [2.75, 3.05) is 13.4 Å². The van der Waals surface area contributed by atoms with Crippen LogP contribution in [-0.4, -0.2) is 25.7 Å². The smallest absolute Gasteiger partial charge is 0.230 e. The number of allylic oxidation sites excluding steroid dienone is 2. The topological polar surface area (TPSA) is 27.7 Å². The van der Waals surface area contributed by atoms with E-state index >= 15 is 0 Å². The lowest BCUT2D eigenvalue weighted by Crippen LogP contribution is -2.38. The number of hydrogen-bond donors (Lipinski definition) is 0. The van der Waals surface area contributed by atoms with E-state index in [0.29, 0.717) is 19.4 Å². The molecule has 2 unspecified atom stereocenters. The maximum Gasteiger partial charge on any atom is 0.230 e. The number of ether oxygens (including phenoxy) is 3. The van der Waals surface area contributed by atoms with Crippen LogP contribution >= 0.6 is 15.9 Å². The highest BCUT2D eigenvalue weighted by Gasteiger charge is 2.41. The van der Waals surface area contributed by atoms with E-state index in [1.54, 1.807) is 0 Å². The van der Waals surface area contributed by atoms with E-state index in [1.807, 2.05) is 6.08 Å². The Bertz CT molecular complexity index is 407. The normalized spacial score (nSPS) is 39.8. The van der Waals surface area contributed by atoms with Crippen LogP contribution < -0.4 is 0 Å². The zero-order valence-electron chi connectivity index (χ0n) is 10.2. The van der Waals surface area contributed by atoms with Gasteiger partial charge in [-0.05, 0) is 6.08 Å². The van der Waals surface area contributed by atoms with Gasteiger partial charge in [-0.3, -0.25) is 0 Å². The van der Waals surface area contributed by atoms with Crippen molar-refractivity contribution in [2.24, 2.45) is 11.8 Å². The molecule has 0 spiro atoms. The fourth-order valence-electron chi connectivity index (χ4n) is 2.93. The Kier molecular flexibility index (Phi) is 3.36. The lowest BCUT2D eigenvalue weighted by molar-refractivity contribution is -0.0513. The predicted octanol–water partition coefficient (Wildman–Crippen LogP) is 3.26. The van der Waals surface area contributed by atoms with E-state index in [0.717, 1.165) is 16.0 Å². The minimum atomic E-state index is -0.757. The molecule has 3 rings (SSSR count). The maximum absolute atomic E-state index is 13.5. The molecule has 18 heavy (non-hydrogen) atoms. The second-order valence-corrected chi connectivity index (χ2v) is 5.93. The van der Waals surface area contributed by atoms with Crippen LogP contribution in [0, 0.1) is 11.8 Å². The molecule has 1 fully saturated rings. The quantitative estimate of drug-likeness (QED) is 0.742. The van der Waals surface area contributed by atoms with Gasteiger partial charge < -0.3 is 14.2 Å². The Balaban J connectivity index is 1.82. The summed E-state index contributed by atoms with van der Waals surface area (Å²) >= 11 is 3.58. The van der Waals surface area contributed by atoms with Crippen LogP contribution in [0.2, 0.25) is 0 Å². The van der Waals surface area contributed by atoms with Crippen molar-refractivity contribution in [1.29, 1.82) is 0 Å². The molecule has 0 aromatic carbocycles. The van der Waals surface area contributed by atoms with Crippen molar-refractivity contribution >= 4 is 15.9 Å². The van der Waals surface area contributed by atoms with Gasteiger partial charge in [0, 0.05) is 35.8 Å². The van der Waals surface area contributed by atoms with E-state index in [-0.39, 0.29) is 24.7 Å². The summed E-state index contributed by atoms with van der Waals surface area (Å²) in [5.41, 5.74) is 0. The monoisotopic (exact) mass is 318 g/mol. The molecule has 0 amide bonds. The first-order valence-electron chi connectivity index (χ1n) is 6.29. The van der Waals surface area contributed by atoms with Crippen molar-refractivity contribution in [3.8, 4) is 0 Å². The highest BCUT2D eigenvalue weighted by atomic mass is 79.9. The summed E-state index contributed by atoms with van der Waals surface area (Å²) in [4.78, 5) is 0. The van der Waals surface area contributed by atoms with Gasteiger partial charge in [0.05, 0.1) is 6.10 Å². The summed E-state index contributed by atoms with van der Waals surface area (Å²) in [6.45, 7) is 2.85. The molecule has 0 aromatic rings. The highest BCUT2D eigenvalue weighted by molar-refractivity contribution is 9.11. The molecule has 1 aliphatic carbocycles. The van der Waals surface area contributed by atoms with Crippen molar-refractivity contribution in [3.63, 3.8) is 0 Å². The van der Waals surface area contributed by atoms with E-state index < -0.39 is 6.17 Å². The number of hydrogen-bond acceptors (Lipinski definition) is 3. The summed E-state index contributed by atoms with van der Waals surface area (Å²) in [6, 6.07) is 0. The van der Waals surface area contributed by atoms with Crippen molar-refractivity contribution < 1.29 is 18.6 Å². The summed E-state index contributed by atoms with van der Waals surface area (Å²) in [5.74, 6) is 1.92. The van der Waals surface area contributed by atoms with Gasteiger partial charge in [-0.1, -0.05) is 22.9 Å². The Hall–Kier alpha value is -0.550. The van der Waals surface area contributed by atoms with Gasteiger partial charge in [0.2, 0.25) is 6.79 Å². The van der Waals surface area contributed by atoms with Crippen LogP contribution in [0.4, 0.5) is 4.39 Å². The largest absolute Gasteiger partial charge is 0.458 e. The Morgan fingerprint density at radius 1 is 1.39 bits per heavy atom. The highest BCUT2D eigenvalue weighted by Crippen LogP contribution is 2.44. The fourth-order valence-corrected chi connectivity index (χ4v) is 3.83. The van der Waals surface area contributed by atoms with Crippen molar-refractivity contribution in [1.82, 2.24) is 0 Å². The summed E-state index contributed by atoms with van der Waals surface area (Å²) in [5, 5.41) is 0. The molecule has 3 aliphatic rings. The van der Waals surface area contributed by atoms with Crippen molar-refractivity contribution in [2.45, 2.75) is 32.0 Å². The third-order valence-corrected chi connectivity index (χ3v) is 4.62. The van der Waals surface area contributed by atoms with E-state index in [9.17, 15) is 4.39 Å². The van der Waals surface area contributed by atoms with Crippen LogP contribution in [0.1, 0.15) is 19.8 Å². The molecule has 0 bridgehead atoms. The van der Waals surface area contributed by atoms with Gasteiger partial charge in [-0.25, -0.2) is 4.39 Å². The first-order chi connectivity index (χ1) is 8.66. The fraction of sp³-hybridized carbons (Fsp3) is 0.692. The maximum atomic E-state index is 13.5. The molecule has 0 N–H and O–H groups in total. The Morgan fingerprint density at radius 3 is 3.00 bits per heavy atom. The van der Waals surface area contributed by atoms with Crippen molar-refractivity contribution in [3.05, 3.63) is 22.1 Å². The van der Waals surface area contributed by atoms with Gasteiger partial charge in [0.15, 0.2) is 5.76 Å². The lowest BCUT2D eigenvalue weighted by Gasteiger charge is -2.36. The summed E-state index contributed by atoms with van der Waals surface area (Å²) in [7, 11) is 0. The van der Waals surface area contributed by atoms with Gasteiger partial charge in [-0.2, -0.15) is 0 Å².